The van der Waals surface area contributed by atoms with Gasteiger partial charge in [0.15, 0.2) is 0 Å². The van der Waals surface area contributed by atoms with Crippen LogP contribution in [0.15, 0.2) is 30.3 Å². The van der Waals surface area contributed by atoms with Gasteiger partial charge in [0.2, 0.25) is 0 Å². The van der Waals surface area contributed by atoms with Gasteiger partial charge in [-0.3, -0.25) is 0 Å². The predicted molar refractivity (Wildman–Crippen MR) is 108 cm³/mol. The van der Waals surface area contributed by atoms with Gasteiger partial charge >= 0.3 is 153 Å². The van der Waals surface area contributed by atoms with Crippen molar-refractivity contribution < 1.29 is 0 Å². The molecule has 0 unspecified atom stereocenters. The molecule has 0 aliphatic heterocycles. The molecule has 130 valence electrons. The van der Waals surface area contributed by atoms with Crippen LogP contribution in [0.2, 0.25) is 8.87 Å². The van der Waals surface area contributed by atoms with Gasteiger partial charge in [0.1, 0.15) is 0 Å². The van der Waals surface area contributed by atoms with Gasteiger partial charge in [0.25, 0.3) is 0 Å². The van der Waals surface area contributed by atoms with Gasteiger partial charge in [-0.1, -0.05) is 0 Å². The zero-order valence-corrected chi connectivity index (χ0v) is 18.6. The van der Waals surface area contributed by atoms with E-state index in [9.17, 15) is 0 Å². The van der Waals surface area contributed by atoms with Crippen LogP contribution in [-0.2, 0) is 0 Å². The first kappa shape index (κ1) is 21.1. The molecule has 0 spiro atoms. The minimum atomic E-state index is -1.34. The fourth-order valence-electron chi connectivity index (χ4n) is 3.32. The van der Waals surface area contributed by atoms with Crippen molar-refractivity contribution in [2.45, 2.75) is 99.8 Å². The third kappa shape index (κ3) is 11.2. The molecule has 0 aromatic heterocycles. The molecule has 0 amide bonds. The molecule has 0 atom stereocenters. The Hall–Kier alpha value is 0.0187. The van der Waals surface area contributed by atoms with Crippen molar-refractivity contribution in [1.82, 2.24) is 0 Å². The molecular weight excluding hydrogens is 383 g/mol. The number of hydrogen-bond donors (Lipinski definition) is 0. The Morgan fingerprint density at radius 1 is 0.565 bits per heavy atom. The summed E-state index contributed by atoms with van der Waals surface area (Å²) in [5, 5.41) is 0. The molecule has 0 aliphatic rings. The van der Waals surface area contributed by atoms with Gasteiger partial charge < -0.3 is 0 Å². The second-order valence-corrected chi connectivity index (χ2v) is 15.0. The first-order valence-corrected chi connectivity index (χ1v) is 15.7. The van der Waals surface area contributed by atoms with E-state index in [2.05, 4.69) is 44.2 Å². The molecule has 0 saturated carbocycles. The summed E-state index contributed by atoms with van der Waals surface area (Å²) in [6.07, 6.45) is 17.4. The third-order valence-corrected chi connectivity index (χ3v) is 13.6. The maximum absolute atomic E-state index is 2.43. The monoisotopic (exact) mass is 423 g/mol. The van der Waals surface area contributed by atoms with Crippen molar-refractivity contribution in [3.8, 4) is 0 Å². The van der Waals surface area contributed by atoms with Crippen molar-refractivity contribution >= 4 is 23.3 Å². The Morgan fingerprint density at radius 3 is 1.48 bits per heavy atom. The van der Waals surface area contributed by atoms with Gasteiger partial charge in [-0.15, -0.1) is 0 Å². The molecule has 0 fully saturated rings. The summed E-state index contributed by atoms with van der Waals surface area (Å²) in [5.41, 5.74) is 0. The molecule has 23 heavy (non-hydrogen) atoms. The number of benzene rings is 1. The van der Waals surface area contributed by atoms with E-state index >= 15 is 0 Å². The van der Waals surface area contributed by atoms with Crippen LogP contribution in [0.3, 0.4) is 0 Å². The van der Waals surface area contributed by atoms with Gasteiger partial charge in [-0.25, -0.2) is 0 Å². The van der Waals surface area contributed by atoms with E-state index in [4.69, 9.17) is 0 Å². The minimum absolute atomic E-state index is 1.34. The van der Waals surface area contributed by atoms with E-state index in [1.54, 1.807) is 12.5 Å². The molecule has 0 nitrogen and oxygen atoms in total. The van der Waals surface area contributed by atoms with Crippen molar-refractivity contribution in [3.05, 3.63) is 30.3 Å². The Labute approximate surface area is 153 Å². The quantitative estimate of drug-likeness (QED) is 0.209. The van der Waals surface area contributed by atoms with Crippen LogP contribution < -0.4 is 3.58 Å². The summed E-state index contributed by atoms with van der Waals surface area (Å²) in [4.78, 5) is 0. The van der Waals surface area contributed by atoms with Crippen LogP contribution in [-0.4, -0.2) is 19.8 Å². The fourth-order valence-corrected chi connectivity index (χ4v) is 11.4. The molecular formula is C22H39Sn+. The first-order chi connectivity index (χ1) is 11.4. The van der Waals surface area contributed by atoms with E-state index in [1.807, 2.05) is 0 Å². The van der Waals surface area contributed by atoms with E-state index < -0.39 is 19.8 Å². The van der Waals surface area contributed by atoms with Crippen LogP contribution in [0.1, 0.15) is 90.9 Å². The second-order valence-electron chi connectivity index (χ2n) is 7.01. The summed E-state index contributed by atoms with van der Waals surface area (Å²) in [7, 11) is 0. The molecule has 1 rings (SSSR count). The van der Waals surface area contributed by atoms with Crippen LogP contribution in [0, 0.1) is 0 Å². The topological polar surface area (TPSA) is 0 Å². The van der Waals surface area contributed by atoms with Crippen molar-refractivity contribution in [2.75, 3.05) is 0 Å². The van der Waals surface area contributed by atoms with E-state index in [0.717, 1.165) is 0 Å². The summed E-state index contributed by atoms with van der Waals surface area (Å²) in [5.74, 6) is 0. The molecule has 0 N–H and O–H groups in total. The fraction of sp³-hybridized carbons (Fsp3) is 0.727. The Morgan fingerprint density at radius 2 is 1.00 bits per heavy atom. The van der Waals surface area contributed by atoms with Gasteiger partial charge in [0.05, 0.1) is 0 Å². The average Bonchev–Trinajstić information content (AvgIpc) is 2.60. The summed E-state index contributed by atoms with van der Waals surface area (Å²) < 4.78 is 4.96. The second kappa shape index (κ2) is 15.5. The Balaban J connectivity index is 2.26. The molecule has 0 saturated heterocycles. The average molecular weight is 422 g/mol. The molecule has 1 aromatic carbocycles. The van der Waals surface area contributed by atoms with E-state index in [0.29, 0.717) is 0 Å². The van der Waals surface area contributed by atoms with E-state index in [1.165, 1.54) is 77.0 Å². The van der Waals surface area contributed by atoms with Crippen molar-refractivity contribution in [1.29, 1.82) is 0 Å². The molecule has 1 heteroatoms. The van der Waals surface area contributed by atoms with Crippen molar-refractivity contribution in [2.24, 2.45) is 0 Å². The molecule has 0 bridgehead atoms. The summed E-state index contributed by atoms with van der Waals surface area (Å²) in [6.45, 7) is 4.61. The van der Waals surface area contributed by atoms with Crippen LogP contribution in [0.4, 0.5) is 0 Å². The zero-order chi connectivity index (χ0) is 16.6. The standard InChI is InChI=1S/2C8H17.C6H5.Sn/c2*1-3-5-7-8-6-4-2;1-2-4-6-5-3-1;/h2*1,3-8H2,2H3;1-5H;/q;;;+1. The van der Waals surface area contributed by atoms with Crippen LogP contribution in [0.25, 0.3) is 0 Å². The van der Waals surface area contributed by atoms with E-state index in [-0.39, 0.29) is 0 Å². The summed E-state index contributed by atoms with van der Waals surface area (Å²) in [6, 6.07) is 11.6. The molecule has 0 heterocycles. The predicted octanol–water partition coefficient (Wildman–Crippen LogP) is 7.11. The van der Waals surface area contributed by atoms with Gasteiger partial charge in [-0.2, -0.15) is 0 Å². The zero-order valence-electron chi connectivity index (χ0n) is 15.8. The number of unbranched alkanes of at least 4 members (excludes halogenated alkanes) is 10. The van der Waals surface area contributed by atoms with Crippen LogP contribution in [0.5, 0.6) is 0 Å². The normalized spacial score (nSPS) is 10.9. The first-order valence-electron chi connectivity index (χ1n) is 10.3. The third-order valence-electron chi connectivity index (χ3n) is 4.85. The van der Waals surface area contributed by atoms with Crippen LogP contribution >= 0.6 is 0 Å². The maximum atomic E-state index is 2.43. The SMILES string of the molecule is CCCCCCC[CH2][Sn+]([CH2]CCCCCCC)[c]1ccccc1. The number of hydrogen-bond acceptors (Lipinski definition) is 0. The van der Waals surface area contributed by atoms with Gasteiger partial charge in [-0.05, 0) is 0 Å². The number of rotatable bonds is 15. The molecule has 0 aliphatic carbocycles. The Bertz CT molecular complexity index is 330. The van der Waals surface area contributed by atoms with Gasteiger partial charge in [0, 0.05) is 0 Å². The molecule has 0 radical (unpaired) electrons. The Kier molecular flexibility index (Phi) is 14.2. The van der Waals surface area contributed by atoms with Crippen molar-refractivity contribution in [3.63, 3.8) is 0 Å². The summed E-state index contributed by atoms with van der Waals surface area (Å²) >= 11 is -1.34. The molecule has 1 aromatic rings.